The molecule has 0 bridgehead atoms. The Morgan fingerprint density at radius 1 is 0.920 bits per heavy atom. The molecule has 0 aromatic rings. The van der Waals surface area contributed by atoms with Crippen molar-refractivity contribution in [1.82, 2.24) is 9.80 Å². The van der Waals surface area contributed by atoms with Crippen molar-refractivity contribution in [2.45, 2.75) is 6.42 Å². The van der Waals surface area contributed by atoms with Gasteiger partial charge in [-0.3, -0.25) is 4.79 Å². The normalized spacial score (nSPS) is 18.6. The molecule has 1 aliphatic carbocycles. The maximum atomic E-state index is 12.0. The lowest BCUT2D eigenvalue weighted by atomic mass is 10.0. The molecule has 0 unspecified atom stereocenters. The van der Waals surface area contributed by atoms with Crippen molar-refractivity contribution in [2.24, 2.45) is 4.99 Å². The average molecular weight is 349 g/mol. The fourth-order valence-electron chi connectivity index (χ4n) is 2.44. The Morgan fingerprint density at radius 2 is 1.48 bits per heavy atom. The number of allylic oxidation sites excluding steroid dienone is 10. The van der Waals surface area contributed by atoms with E-state index in [1.54, 1.807) is 24.3 Å². The predicted octanol–water partition coefficient (Wildman–Crippen LogP) is 3.45. The molecular weight excluding hydrogens is 330 g/mol. The molecule has 0 fully saturated rings. The molecule has 2 heterocycles. The van der Waals surface area contributed by atoms with Crippen LogP contribution in [0.2, 0.25) is 0 Å². The fraction of sp³-hybridized carbons (Fsp3) is 0.150. The zero-order valence-corrected chi connectivity index (χ0v) is 14.8. The number of rotatable bonds is 3. The maximum absolute atomic E-state index is 12.0. The van der Waals surface area contributed by atoms with Crippen LogP contribution in [-0.4, -0.2) is 39.9 Å². The van der Waals surface area contributed by atoms with Crippen LogP contribution >= 0.6 is 12.2 Å². The smallest absolute Gasteiger partial charge is 0.248 e. The zero-order chi connectivity index (χ0) is 17.6. The second-order valence-electron chi connectivity index (χ2n) is 5.83. The van der Waals surface area contributed by atoms with Gasteiger partial charge in [0.1, 0.15) is 0 Å². The van der Waals surface area contributed by atoms with E-state index in [-0.39, 0.29) is 5.91 Å². The van der Waals surface area contributed by atoms with Gasteiger partial charge in [-0.2, -0.15) is 0 Å². The zero-order valence-electron chi connectivity index (χ0n) is 14.0. The Morgan fingerprint density at radius 3 is 2.08 bits per heavy atom. The maximum Gasteiger partial charge on any atom is 0.248 e. The average Bonchev–Trinajstić information content (AvgIpc) is 2.63. The number of aliphatic imine (C=N–C) groups is 1. The van der Waals surface area contributed by atoms with Crippen LogP contribution in [0, 0.1) is 0 Å². The van der Waals surface area contributed by atoms with E-state index in [4.69, 9.17) is 12.2 Å². The number of hydrogen-bond donors (Lipinski definition) is 0. The number of carbonyl (C=O) groups is 1. The van der Waals surface area contributed by atoms with E-state index in [0.29, 0.717) is 18.7 Å². The summed E-state index contributed by atoms with van der Waals surface area (Å²) in [6.45, 7) is 0.603. The first-order valence-electron chi connectivity index (χ1n) is 8.06. The monoisotopic (exact) mass is 349 g/mol. The van der Waals surface area contributed by atoms with Crippen LogP contribution in [0.25, 0.3) is 0 Å². The standard InChI is InChI=1S/C20H19N3OS/c1-22-11-6-16(7-12-22)17-8-13-23(14-9-17)15-10-20(24)21-18-2-4-19(25)5-3-18/h2-9,11-14H,10,15H2,1H3. The Labute approximate surface area is 153 Å². The first-order valence-corrected chi connectivity index (χ1v) is 8.47. The van der Waals surface area contributed by atoms with Gasteiger partial charge in [0.2, 0.25) is 5.91 Å². The highest BCUT2D eigenvalue weighted by molar-refractivity contribution is 7.81. The first-order chi connectivity index (χ1) is 12.1. The Bertz CT molecular complexity index is 772. The third-order valence-electron chi connectivity index (χ3n) is 3.88. The highest BCUT2D eigenvalue weighted by Gasteiger charge is 2.08. The van der Waals surface area contributed by atoms with Gasteiger partial charge < -0.3 is 9.80 Å². The molecule has 3 rings (SSSR count). The van der Waals surface area contributed by atoms with Crippen molar-refractivity contribution < 1.29 is 4.79 Å². The van der Waals surface area contributed by atoms with Crippen LogP contribution < -0.4 is 0 Å². The van der Waals surface area contributed by atoms with E-state index in [2.05, 4.69) is 29.3 Å². The lowest BCUT2D eigenvalue weighted by molar-refractivity contribution is -0.117. The minimum absolute atomic E-state index is 0.135. The second kappa shape index (κ2) is 7.85. The van der Waals surface area contributed by atoms with Crippen molar-refractivity contribution in [3.63, 3.8) is 0 Å². The summed E-state index contributed by atoms with van der Waals surface area (Å²) < 4.78 is 0. The summed E-state index contributed by atoms with van der Waals surface area (Å²) >= 11 is 5.02. The van der Waals surface area contributed by atoms with Gasteiger partial charge in [0.05, 0.1) is 5.71 Å². The molecule has 1 amide bonds. The van der Waals surface area contributed by atoms with Crippen molar-refractivity contribution in [1.29, 1.82) is 0 Å². The van der Waals surface area contributed by atoms with Crippen LogP contribution in [0.4, 0.5) is 0 Å². The van der Waals surface area contributed by atoms with Crippen LogP contribution in [0.15, 0.2) is 89.5 Å². The molecule has 2 aliphatic heterocycles. The van der Waals surface area contributed by atoms with Gasteiger partial charge in [-0.05, 0) is 59.8 Å². The van der Waals surface area contributed by atoms with E-state index >= 15 is 0 Å². The Balaban J connectivity index is 1.53. The molecule has 4 nitrogen and oxygen atoms in total. The third-order valence-corrected chi connectivity index (χ3v) is 4.15. The van der Waals surface area contributed by atoms with E-state index in [0.717, 1.165) is 10.4 Å². The molecule has 0 radical (unpaired) electrons. The van der Waals surface area contributed by atoms with Gasteiger partial charge in [0.25, 0.3) is 0 Å². The topological polar surface area (TPSA) is 35.9 Å². The molecule has 0 atom stereocenters. The number of thiocarbonyl (C=S) groups is 1. The minimum Gasteiger partial charge on any atom is -0.357 e. The SMILES string of the molecule is CN1C=CC(=C2C=CN(CCC(=O)N=C3C=CC(=S)C=C3)C=C2)C=C1. The van der Waals surface area contributed by atoms with Crippen molar-refractivity contribution in [3.8, 4) is 0 Å². The van der Waals surface area contributed by atoms with Crippen LogP contribution in [-0.2, 0) is 4.79 Å². The van der Waals surface area contributed by atoms with Gasteiger partial charge in [-0.1, -0.05) is 12.2 Å². The molecular formula is C20H19N3OS. The van der Waals surface area contributed by atoms with Gasteiger partial charge in [-0.25, -0.2) is 4.99 Å². The van der Waals surface area contributed by atoms with Gasteiger partial charge in [0.15, 0.2) is 0 Å². The summed E-state index contributed by atoms with van der Waals surface area (Å²) in [5.74, 6) is -0.135. The van der Waals surface area contributed by atoms with Crippen LogP contribution in [0.1, 0.15) is 6.42 Å². The largest absolute Gasteiger partial charge is 0.357 e. The Kier molecular flexibility index (Phi) is 5.36. The second-order valence-corrected chi connectivity index (χ2v) is 6.30. The molecule has 0 spiro atoms. The molecule has 5 heteroatoms. The number of amides is 1. The minimum atomic E-state index is -0.135. The molecule has 0 saturated carbocycles. The van der Waals surface area contributed by atoms with Crippen molar-refractivity contribution in [2.75, 3.05) is 13.6 Å². The molecule has 25 heavy (non-hydrogen) atoms. The summed E-state index contributed by atoms with van der Waals surface area (Å²) in [6.07, 6.45) is 23.7. The van der Waals surface area contributed by atoms with E-state index in [1.165, 1.54) is 5.57 Å². The lowest BCUT2D eigenvalue weighted by Crippen LogP contribution is -2.17. The van der Waals surface area contributed by atoms with Crippen LogP contribution in [0.5, 0.6) is 0 Å². The van der Waals surface area contributed by atoms with Gasteiger partial charge >= 0.3 is 0 Å². The molecule has 0 saturated heterocycles. The van der Waals surface area contributed by atoms with E-state index in [9.17, 15) is 4.79 Å². The summed E-state index contributed by atoms with van der Waals surface area (Å²) in [5.41, 5.74) is 2.97. The highest BCUT2D eigenvalue weighted by atomic mass is 32.1. The molecule has 0 aromatic carbocycles. The lowest BCUT2D eigenvalue weighted by Gasteiger charge is -2.19. The number of nitrogens with zero attached hydrogens (tertiary/aromatic N) is 3. The molecule has 0 N–H and O–H groups in total. The van der Waals surface area contributed by atoms with Crippen molar-refractivity contribution >= 4 is 28.7 Å². The summed E-state index contributed by atoms with van der Waals surface area (Å²) in [4.78, 5) is 20.8. The summed E-state index contributed by atoms with van der Waals surface area (Å²) in [7, 11) is 2.00. The van der Waals surface area contributed by atoms with Crippen LogP contribution in [0.3, 0.4) is 0 Å². The highest BCUT2D eigenvalue weighted by Crippen LogP contribution is 2.19. The van der Waals surface area contributed by atoms with Gasteiger partial charge in [0, 0.05) is 49.7 Å². The molecule has 126 valence electrons. The third kappa shape index (κ3) is 4.84. The van der Waals surface area contributed by atoms with E-state index in [1.807, 2.05) is 41.6 Å². The molecule has 0 aromatic heterocycles. The van der Waals surface area contributed by atoms with Gasteiger partial charge in [-0.15, -0.1) is 0 Å². The number of carbonyl (C=O) groups excluding carboxylic acids is 1. The summed E-state index contributed by atoms with van der Waals surface area (Å²) in [5, 5.41) is 0. The first kappa shape index (κ1) is 17.0. The van der Waals surface area contributed by atoms with Crippen molar-refractivity contribution in [3.05, 3.63) is 84.6 Å². The summed E-state index contributed by atoms with van der Waals surface area (Å²) in [6, 6.07) is 0. The predicted molar refractivity (Wildman–Crippen MR) is 106 cm³/mol. The Hall–Kier alpha value is -2.79. The molecule has 3 aliphatic rings. The quantitative estimate of drug-likeness (QED) is 0.731. The number of hydrogen-bond acceptors (Lipinski definition) is 4. The van der Waals surface area contributed by atoms with E-state index < -0.39 is 0 Å². The fourth-order valence-corrected chi connectivity index (χ4v) is 2.57.